The summed E-state index contributed by atoms with van der Waals surface area (Å²) in [6, 6.07) is 0. The van der Waals surface area contributed by atoms with E-state index in [1.165, 1.54) is 0 Å². The maximum absolute atomic E-state index is 9.60. The van der Waals surface area contributed by atoms with Crippen molar-refractivity contribution >= 4 is 12.6 Å². The Hall–Kier alpha value is -0.700. The first-order valence-corrected chi connectivity index (χ1v) is 2.82. The van der Waals surface area contributed by atoms with E-state index in [4.69, 9.17) is 0 Å². The van der Waals surface area contributed by atoms with Gasteiger partial charge in [-0.25, -0.2) is 0 Å². The van der Waals surface area contributed by atoms with Crippen molar-refractivity contribution in [2.45, 2.75) is 12.8 Å². The van der Waals surface area contributed by atoms with Crippen LogP contribution < -0.4 is 5.32 Å². The van der Waals surface area contributed by atoms with E-state index in [1.807, 2.05) is 0 Å². The van der Waals surface area contributed by atoms with Crippen molar-refractivity contribution in [1.82, 2.24) is 5.32 Å². The van der Waals surface area contributed by atoms with E-state index in [0.717, 1.165) is 0 Å². The molecule has 0 heterocycles. The van der Waals surface area contributed by atoms with Crippen molar-refractivity contribution in [3.05, 3.63) is 0 Å². The lowest BCUT2D eigenvalue weighted by Gasteiger charge is -1.94. The highest BCUT2D eigenvalue weighted by atomic mass is 16.1. The molecule has 0 spiro atoms. The van der Waals surface area contributed by atoms with Crippen LogP contribution in [0.15, 0.2) is 0 Å². The van der Waals surface area contributed by atoms with Crippen LogP contribution in [0, 0.1) is 0 Å². The molecular formula is C6H9NO2. The highest BCUT2D eigenvalue weighted by molar-refractivity contribution is 5.51. The predicted octanol–water partition coefficient (Wildman–Crippen LogP) is -0.424. The molecule has 0 atom stereocenters. The third-order valence-corrected chi connectivity index (χ3v) is 0.808. The minimum Gasteiger partial charge on any atom is -0.316 e. The van der Waals surface area contributed by atoms with Crippen molar-refractivity contribution in [3.63, 3.8) is 0 Å². The Balaban J connectivity index is 2.74. The first kappa shape index (κ1) is 8.30. The molecule has 0 rings (SSSR count). The molecule has 0 aromatic carbocycles. The zero-order valence-corrected chi connectivity index (χ0v) is 5.14. The van der Waals surface area contributed by atoms with Gasteiger partial charge in [0.1, 0.15) is 0 Å². The second kappa shape index (κ2) is 7.30. The minimum absolute atomic E-state index is 0.388. The van der Waals surface area contributed by atoms with Crippen LogP contribution in [-0.4, -0.2) is 25.7 Å². The molecule has 0 aromatic rings. The fourth-order valence-electron chi connectivity index (χ4n) is 0.404. The van der Waals surface area contributed by atoms with Gasteiger partial charge in [-0.3, -0.25) is 9.59 Å². The Labute approximate surface area is 54.4 Å². The van der Waals surface area contributed by atoms with Crippen LogP contribution in [-0.2, 0) is 9.59 Å². The topological polar surface area (TPSA) is 46.2 Å². The highest BCUT2D eigenvalue weighted by Gasteiger charge is 1.84. The maximum atomic E-state index is 9.60. The molecular weight excluding hydrogens is 118 g/mol. The van der Waals surface area contributed by atoms with Crippen LogP contribution in [0.3, 0.4) is 0 Å². The largest absolute Gasteiger partial charge is 0.316 e. The van der Waals surface area contributed by atoms with E-state index in [2.05, 4.69) is 5.32 Å². The molecule has 0 amide bonds. The molecule has 0 bridgehead atoms. The van der Waals surface area contributed by atoms with Crippen LogP contribution >= 0.6 is 0 Å². The van der Waals surface area contributed by atoms with Crippen molar-refractivity contribution in [1.29, 1.82) is 0 Å². The molecule has 0 saturated carbocycles. The molecule has 1 N–H and O–H groups in total. The van der Waals surface area contributed by atoms with Crippen molar-refractivity contribution in [3.8, 4) is 0 Å². The Kier molecular flexibility index (Phi) is 6.73. The summed E-state index contributed by atoms with van der Waals surface area (Å²) in [4.78, 5) is 19.2. The third-order valence-electron chi connectivity index (χ3n) is 0.808. The van der Waals surface area contributed by atoms with Gasteiger partial charge in [-0.2, -0.15) is 0 Å². The summed E-state index contributed by atoms with van der Waals surface area (Å²) in [5.41, 5.74) is 0. The molecule has 0 unspecified atom stereocenters. The summed E-state index contributed by atoms with van der Waals surface area (Å²) >= 11 is 0. The molecule has 0 aliphatic heterocycles. The molecule has 9 heavy (non-hydrogen) atoms. The summed E-state index contributed by atoms with van der Waals surface area (Å²) in [5.74, 6) is 0. The first-order chi connectivity index (χ1) is 4.41. The van der Waals surface area contributed by atoms with Crippen molar-refractivity contribution < 1.29 is 9.59 Å². The number of carbonyl (C=O) groups excluding carboxylic acids is 2. The van der Waals surface area contributed by atoms with Crippen LogP contribution in [0.1, 0.15) is 12.8 Å². The Morgan fingerprint density at radius 3 is 1.78 bits per heavy atom. The van der Waals surface area contributed by atoms with E-state index >= 15 is 0 Å². The summed E-state index contributed by atoms with van der Waals surface area (Å²) < 4.78 is 0. The zero-order valence-electron chi connectivity index (χ0n) is 5.14. The average molecular weight is 127 g/mol. The van der Waals surface area contributed by atoms with E-state index in [1.54, 1.807) is 12.6 Å². The fraction of sp³-hybridized carbons (Fsp3) is 0.667. The summed E-state index contributed by atoms with van der Waals surface area (Å²) in [7, 11) is 0. The molecule has 2 radical (unpaired) electrons. The monoisotopic (exact) mass is 127 g/mol. The summed E-state index contributed by atoms with van der Waals surface area (Å²) in [6.45, 7) is 1.20. The van der Waals surface area contributed by atoms with Gasteiger partial charge in [0.05, 0.1) is 0 Å². The van der Waals surface area contributed by atoms with E-state index in [-0.39, 0.29) is 0 Å². The molecule has 0 aliphatic rings. The molecule has 0 saturated heterocycles. The molecule has 3 heteroatoms. The van der Waals surface area contributed by atoms with Gasteiger partial charge in [-0.15, -0.1) is 0 Å². The van der Waals surface area contributed by atoms with Gasteiger partial charge in [0, 0.05) is 25.9 Å². The number of rotatable bonds is 6. The van der Waals surface area contributed by atoms with Gasteiger partial charge in [-0.1, -0.05) is 0 Å². The van der Waals surface area contributed by atoms with E-state index in [9.17, 15) is 9.59 Å². The van der Waals surface area contributed by atoms with E-state index in [0.29, 0.717) is 25.9 Å². The number of nitrogens with one attached hydrogen (secondary N) is 1. The normalized spacial score (nSPS) is 8.89. The number of hydrogen-bond donors (Lipinski definition) is 1. The van der Waals surface area contributed by atoms with Crippen molar-refractivity contribution in [2.24, 2.45) is 0 Å². The van der Waals surface area contributed by atoms with Crippen molar-refractivity contribution in [2.75, 3.05) is 13.1 Å². The molecule has 0 aromatic heterocycles. The minimum atomic E-state index is 0.388. The average Bonchev–Trinajstić information content (AvgIpc) is 1.89. The lowest BCUT2D eigenvalue weighted by molar-refractivity contribution is 0.541. The van der Waals surface area contributed by atoms with Gasteiger partial charge in [0.15, 0.2) is 12.6 Å². The lowest BCUT2D eigenvalue weighted by Crippen LogP contribution is -2.16. The number of hydrogen-bond acceptors (Lipinski definition) is 3. The smallest absolute Gasteiger partial charge is 0.199 e. The van der Waals surface area contributed by atoms with E-state index < -0.39 is 0 Å². The first-order valence-electron chi connectivity index (χ1n) is 2.82. The Morgan fingerprint density at radius 2 is 1.44 bits per heavy atom. The second-order valence-corrected chi connectivity index (χ2v) is 1.54. The zero-order chi connectivity index (χ0) is 6.95. The van der Waals surface area contributed by atoms with Gasteiger partial charge >= 0.3 is 0 Å². The molecule has 0 fully saturated rings. The van der Waals surface area contributed by atoms with Crippen LogP contribution in [0.4, 0.5) is 0 Å². The van der Waals surface area contributed by atoms with Gasteiger partial charge in [0.25, 0.3) is 0 Å². The highest BCUT2D eigenvalue weighted by Crippen LogP contribution is 1.69. The van der Waals surface area contributed by atoms with Gasteiger partial charge in [0.2, 0.25) is 0 Å². The van der Waals surface area contributed by atoms with Crippen LogP contribution in [0.25, 0.3) is 0 Å². The Bertz CT molecular complexity index is 73.1. The lowest BCUT2D eigenvalue weighted by atomic mass is 10.4. The molecule has 3 nitrogen and oxygen atoms in total. The third kappa shape index (κ3) is 7.30. The van der Waals surface area contributed by atoms with Gasteiger partial charge < -0.3 is 5.32 Å². The standard InChI is InChI=1S/C6H9NO2/c8-5-1-3-7-4-2-6-9/h7H,1-4H2. The Morgan fingerprint density at radius 1 is 1.00 bits per heavy atom. The van der Waals surface area contributed by atoms with Gasteiger partial charge in [-0.05, 0) is 0 Å². The summed E-state index contributed by atoms with van der Waals surface area (Å²) in [6.07, 6.45) is 4.24. The quantitative estimate of drug-likeness (QED) is 0.493. The second-order valence-electron chi connectivity index (χ2n) is 1.54. The molecule has 0 aliphatic carbocycles. The maximum Gasteiger partial charge on any atom is 0.199 e. The fourth-order valence-corrected chi connectivity index (χ4v) is 0.404. The summed E-state index contributed by atoms with van der Waals surface area (Å²) in [5, 5.41) is 2.86. The SMILES string of the molecule is O=[C]CCNCC[C]=O. The van der Waals surface area contributed by atoms with Crippen LogP contribution in [0.5, 0.6) is 0 Å². The van der Waals surface area contributed by atoms with Crippen LogP contribution in [0.2, 0.25) is 0 Å². The predicted molar refractivity (Wildman–Crippen MR) is 33.5 cm³/mol. The molecule has 50 valence electrons.